The van der Waals surface area contributed by atoms with E-state index >= 15 is 0 Å². The van der Waals surface area contributed by atoms with Crippen LogP contribution >= 0.6 is 12.0 Å². The second-order valence-electron chi connectivity index (χ2n) is 12.7. The third kappa shape index (κ3) is 9.82. The summed E-state index contributed by atoms with van der Waals surface area (Å²) in [6, 6.07) is 10.4. The van der Waals surface area contributed by atoms with Crippen LogP contribution in [0.2, 0.25) is 0 Å². The van der Waals surface area contributed by atoms with Gasteiger partial charge >= 0.3 is 5.97 Å². The summed E-state index contributed by atoms with van der Waals surface area (Å²) >= 11 is 0.625. The number of rotatable bonds is 20. The Kier molecular flexibility index (Phi) is 13.9. The van der Waals surface area contributed by atoms with E-state index in [0.717, 1.165) is 17.0 Å². The van der Waals surface area contributed by atoms with Gasteiger partial charge < -0.3 is 25.6 Å². The number of fused-ring (bicyclic) bond motifs is 1. The van der Waals surface area contributed by atoms with Gasteiger partial charge in [0.05, 0.1) is 29.4 Å². The first-order chi connectivity index (χ1) is 24.4. The molecule has 0 radical (unpaired) electrons. The molecule has 5 N–H and O–H groups in total. The van der Waals surface area contributed by atoms with Gasteiger partial charge in [-0.15, -0.1) is 4.33 Å². The standard InChI is InChI=1S/C36H42FN3O10S/c1-36(2)26-19-23(37)13-16-28(26)40(29(36)20-25-33(44)32(34(25)45)22-11-14-24(48-3)15-12-22)18-8-4-5-9-30(41)39-27(21-51-50-49-47)35(46)38-17-7-6-10-31(42)43/h11-16,19-20,27H,4-10,17-18,21H2,1-3H3,(H4-,38,39,41,42,43,44,45,46,47)/p+1. The highest BCUT2D eigenvalue weighted by molar-refractivity contribution is 7.94. The fourth-order valence-electron chi connectivity index (χ4n) is 6.10. The Bertz CT molecular complexity index is 1720. The van der Waals surface area contributed by atoms with Crippen LogP contribution in [0.1, 0.15) is 69.9 Å². The minimum Gasteiger partial charge on any atom is -0.506 e. The van der Waals surface area contributed by atoms with E-state index in [9.17, 15) is 28.7 Å². The zero-order chi connectivity index (χ0) is 37.1. The molecule has 13 nitrogen and oxygen atoms in total. The van der Waals surface area contributed by atoms with Crippen LogP contribution in [0.15, 0.2) is 59.9 Å². The van der Waals surface area contributed by atoms with E-state index in [1.54, 1.807) is 43.5 Å². The molecule has 0 fully saturated rings. The normalized spacial score (nSPS) is 16.2. The topological polar surface area (TPSA) is 184 Å². The zero-order valence-electron chi connectivity index (χ0n) is 28.7. The first-order valence-corrected chi connectivity index (χ1v) is 17.5. The number of amides is 2. The molecular formula is C36H43FN3O10S+. The van der Waals surface area contributed by atoms with Gasteiger partial charge in [-0.2, -0.15) is 4.58 Å². The highest BCUT2D eigenvalue weighted by atomic mass is 32.2. The number of benzene rings is 2. The van der Waals surface area contributed by atoms with Gasteiger partial charge in [0.1, 0.15) is 29.9 Å². The van der Waals surface area contributed by atoms with Gasteiger partial charge in [0, 0.05) is 55.6 Å². The van der Waals surface area contributed by atoms with Crippen LogP contribution in [-0.2, 0) is 34.0 Å². The Morgan fingerprint density at radius 3 is 2.43 bits per heavy atom. The minimum atomic E-state index is -0.990. The Balaban J connectivity index is 1.40. The summed E-state index contributed by atoms with van der Waals surface area (Å²) in [5, 5.41) is 37.1. The maximum Gasteiger partial charge on any atom is 0.303 e. The fraction of sp³-hybridized carbons (Fsp3) is 0.417. The van der Waals surface area contributed by atoms with Gasteiger partial charge in [0.15, 0.2) is 5.71 Å². The molecule has 1 unspecified atom stereocenters. The highest BCUT2D eigenvalue weighted by Gasteiger charge is 2.46. The molecular weight excluding hydrogens is 685 g/mol. The number of ether oxygens (including phenoxy) is 1. The summed E-state index contributed by atoms with van der Waals surface area (Å²) in [5.41, 5.74) is 2.55. The number of methoxy groups -OCH3 is 1. The molecule has 2 amide bonds. The van der Waals surface area contributed by atoms with Crippen LogP contribution in [0.4, 0.5) is 10.1 Å². The Morgan fingerprint density at radius 2 is 1.76 bits per heavy atom. The lowest BCUT2D eigenvalue weighted by atomic mass is 9.77. The van der Waals surface area contributed by atoms with Crippen molar-refractivity contribution in [3.05, 3.63) is 76.8 Å². The number of aliphatic hydroxyl groups is 1. The second-order valence-corrected chi connectivity index (χ2v) is 13.4. The molecule has 0 bridgehead atoms. The van der Waals surface area contributed by atoms with Crippen molar-refractivity contribution in [1.82, 2.24) is 10.6 Å². The quantitative estimate of drug-likeness (QED) is 0.0303. The van der Waals surface area contributed by atoms with E-state index in [-0.39, 0.29) is 59.6 Å². The van der Waals surface area contributed by atoms with Gasteiger partial charge in [-0.3, -0.25) is 19.2 Å². The number of hydrogen-bond acceptors (Lipinski definition) is 10. The van der Waals surface area contributed by atoms with Gasteiger partial charge in [-0.05, 0) is 69.4 Å². The van der Waals surface area contributed by atoms with E-state index in [0.29, 0.717) is 62.0 Å². The average Bonchev–Trinajstić information content (AvgIpc) is 3.30. The molecule has 1 heterocycles. The number of aliphatic carboxylic acids is 1. The lowest BCUT2D eigenvalue weighted by Gasteiger charge is -2.23. The Hall–Kier alpha value is -4.57. The number of halogens is 1. The molecule has 4 rings (SSSR count). The monoisotopic (exact) mass is 728 g/mol. The zero-order valence-corrected chi connectivity index (χ0v) is 29.5. The lowest BCUT2D eigenvalue weighted by Crippen LogP contribution is -2.48. The molecule has 1 aliphatic carbocycles. The number of carboxylic acid groups (broad SMARTS) is 1. The molecule has 1 atom stereocenters. The number of nitrogens with zero attached hydrogens (tertiary/aromatic N) is 1. The summed E-state index contributed by atoms with van der Waals surface area (Å²) in [6.07, 6.45) is 4.39. The largest absolute Gasteiger partial charge is 0.506 e. The summed E-state index contributed by atoms with van der Waals surface area (Å²) in [5.74, 6) is -2.00. The molecule has 274 valence electrons. The van der Waals surface area contributed by atoms with Crippen LogP contribution in [0, 0.1) is 5.82 Å². The number of hydrogen-bond donors (Lipinski definition) is 5. The Morgan fingerprint density at radius 1 is 1.04 bits per heavy atom. The van der Waals surface area contributed by atoms with Crippen LogP contribution < -0.4 is 15.4 Å². The molecule has 51 heavy (non-hydrogen) atoms. The molecule has 2 aliphatic rings. The van der Waals surface area contributed by atoms with E-state index in [1.165, 1.54) is 12.1 Å². The number of ketones is 1. The lowest BCUT2D eigenvalue weighted by molar-refractivity contribution is -0.438. The first kappa shape index (κ1) is 39.2. The molecule has 15 heteroatoms. The Labute approximate surface area is 299 Å². The van der Waals surface area contributed by atoms with Crippen molar-refractivity contribution in [2.45, 2.75) is 70.3 Å². The molecule has 2 aromatic rings. The number of nitrogens with one attached hydrogen (secondary N) is 2. The third-order valence-electron chi connectivity index (χ3n) is 8.84. The summed E-state index contributed by atoms with van der Waals surface area (Å²) in [6.45, 7) is 4.60. The first-order valence-electron chi connectivity index (χ1n) is 16.6. The summed E-state index contributed by atoms with van der Waals surface area (Å²) in [4.78, 5) is 49.4. The summed E-state index contributed by atoms with van der Waals surface area (Å²) in [7, 11) is 1.54. The van der Waals surface area contributed by atoms with Crippen molar-refractivity contribution in [2.75, 3.05) is 26.0 Å². The molecule has 1 aliphatic heterocycles. The SMILES string of the molecule is COc1ccc(C2=C(O)/C(=C/C3=[N+](CCCCCC(=O)NC(CSOOO)C(=O)NCCCCC(=O)O)c4ccc(F)cc4C3(C)C)C2=O)cc1. The van der Waals surface area contributed by atoms with Gasteiger partial charge in [-0.25, -0.2) is 9.65 Å². The van der Waals surface area contributed by atoms with E-state index < -0.39 is 23.3 Å². The van der Waals surface area contributed by atoms with Crippen LogP contribution in [-0.4, -0.2) is 81.3 Å². The third-order valence-corrected chi connectivity index (χ3v) is 9.47. The fourth-order valence-corrected chi connectivity index (χ4v) is 6.57. The van der Waals surface area contributed by atoms with Crippen LogP contribution in [0.3, 0.4) is 0 Å². The maximum absolute atomic E-state index is 14.4. The molecule has 0 spiro atoms. The summed E-state index contributed by atoms with van der Waals surface area (Å²) < 4.78 is 26.0. The van der Waals surface area contributed by atoms with Crippen molar-refractivity contribution in [2.24, 2.45) is 0 Å². The average molecular weight is 729 g/mol. The number of unbranched alkanes of at least 4 members (excludes halogenated alkanes) is 3. The van der Waals surface area contributed by atoms with Crippen LogP contribution in [0.25, 0.3) is 5.57 Å². The number of allylic oxidation sites excluding steroid dienone is 3. The van der Waals surface area contributed by atoms with E-state index in [1.807, 2.05) is 18.4 Å². The number of carbonyl (C=O) groups is 4. The van der Waals surface area contributed by atoms with Gasteiger partial charge in [0.25, 0.3) is 0 Å². The van der Waals surface area contributed by atoms with Crippen molar-refractivity contribution >= 4 is 52.6 Å². The predicted octanol–water partition coefficient (Wildman–Crippen LogP) is 5.17. The van der Waals surface area contributed by atoms with E-state index in [4.69, 9.17) is 15.1 Å². The van der Waals surface area contributed by atoms with Crippen molar-refractivity contribution in [3.8, 4) is 5.75 Å². The van der Waals surface area contributed by atoms with Gasteiger partial charge in [-0.1, -0.05) is 17.2 Å². The molecule has 0 saturated carbocycles. The number of aliphatic hydroxyl groups excluding tert-OH is 1. The number of carboxylic acids is 1. The van der Waals surface area contributed by atoms with Crippen molar-refractivity contribution < 1.29 is 57.7 Å². The molecule has 2 aromatic carbocycles. The number of Topliss-reactive ketones (excluding diaryl/α,β-unsaturated/α-hetero) is 1. The number of carbonyl (C=O) groups excluding carboxylic acids is 3. The second kappa shape index (κ2) is 18.1. The van der Waals surface area contributed by atoms with E-state index in [2.05, 4.69) is 20.0 Å². The smallest absolute Gasteiger partial charge is 0.303 e. The minimum absolute atomic E-state index is 0.0158. The molecule has 0 aromatic heterocycles. The maximum atomic E-state index is 14.4. The highest BCUT2D eigenvalue weighted by Crippen LogP contribution is 2.43. The van der Waals surface area contributed by atoms with Crippen molar-refractivity contribution in [3.63, 3.8) is 0 Å². The van der Waals surface area contributed by atoms with Crippen LogP contribution in [0.5, 0.6) is 5.75 Å². The van der Waals surface area contributed by atoms with Gasteiger partial charge in [0.2, 0.25) is 23.3 Å². The predicted molar refractivity (Wildman–Crippen MR) is 187 cm³/mol. The van der Waals surface area contributed by atoms with Crippen molar-refractivity contribution in [1.29, 1.82) is 0 Å². The molecule has 0 saturated heterocycles.